The largest absolute Gasteiger partial charge is 0.488 e. The number of benzene rings is 2. The summed E-state index contributed by atoms with van der Waals surface area (Å²) in [5.41, 5.74) is 2.91. The molecule has 2 aromatic rings. The van der Waals surface area contributed by atoms with Gasteiger partial charge in [-0.25, -0.2) is 0 Å². The quantitative estimate of drug-likeness (QED) is 0.676. The number of hydrogen-bond donors (Lipinski definition) is 1. The van der Waals surface area contributed by atoms with Crippen LogP contribution in [0, 0.1) is 0 Å². The zero-order valence-corrected chi connectivity index (χ0v) is 18.0. The van der Waals surface area contributed by atoms with Gasteiger partial charge in [0.1, 0.15) is 12.4 Å². The van der Waals surface area contributed by atoms with E-state index in [2.05, 4.69) is 61.4 Å². The van der Waals surface area contributed by atoms with Crippen LogP contribution in [0.15, 0.2) is 58.6 Å². The van der Waals surface area contributed by atoms with Crippen LogP contribution in [0.5, 0.6) is 5.75 Å². The van der Waals surface area contributed by atoms with Crippen LogP contribution < -0.4 is 15.0 Å². The van der Waals surface area contributed by atoms with Crippen LogP contribution in [-0.4, -0.2) is 56.7 Å². The number of para-hydroxylation sites is 1. The number of nitrogens with one attached hydrogen (secondary N) is 1. The highest BCUT2D eigenvalue weighted by Crippen LogP contribution is 2.29. The standard InChI is InChI=1S/C23H26BrN3O2/c24-20-7-8-22-18(16-20)15-19(17-29-22)23(28)25-9-4-10-26-11-13-27(14-12-26)21-5-2-1-3-6-21/h1-3,5-8,15-16H,4,9-14,17H2,(H,25,28). The highest BCUT2D eigenvalue weighted by molar-refractivity contribution is 9.10. The summed E-state index contributed by atoms with van der Waals surface area (Å²) in [6.07, 6.45) is 2.87. The van der Waals surface area contributed by atoms with E-state index in [0.29, 0.717) is 18.7 Å². The van der Waals surface area contributed by atoms with E-state index in [1.807, 2.05) is 24.3 Å². The number of hydrogen-bond acceptors (Lipinski definition) is 4. The second-order valence-electron chi connectivity index (χ2n) is 7.41. The van der Waals surface area contributed by atoms with Crippen LogP contribution in [0.2, 0.25) is 0 Å². The van der Waals surface area contributed by atoms with E-state index in [9.17, 15) is 4.79 Å². The molecular formula is C23H26BrN3O2. The number of ether oxygens (including phenoxy) is 1. The maximum Gasteiger partial charge on any atom is 0.250 e. The third-order valence-electron chi connectivity index (χ3n) is 5.41. The summed E-state index contributed by atoms with van der Waals surface area (Å²) in [7, 11) is 0. The molecule has 2 aliphatic heterocycles. The highest BCUT2D eigenvalue weighted by Gasteiger charge is 2.18. The van der Waals surface area contributed by atoms with Crippen molar-refractivity contribution in [2.24, 2.45) is 0 Å². The van der Waals surface area contributed by atoms with Gasteiger partial charge in [0.2, 0.25) is 0 Å². The summed E-state index contributed by atoms with van der Waals surface area (Å²) < 4.78 is 6.67. The minimum absolute atomic E-state index is 0.0375. The normalized spacial score (nSPS) is 16.6. The SMILES string of the molecule is O=C(NCCCN1CCN(c2ccccc2)CC1)C1=Cc2cc(Br)ccc2OC1. The fourth-order valence-corrected chi connectivity index (χ4v) is 4.14. The summed E-state index contributed by atoms with van der Waals surface area (Å²) in [6.45, 7) is 6.24. The molecule has 1 fully saturated rings. The molecule has 6 heteroatoms. The summed E-state index contributed by atoms with van der Waals surface area (Å²) >= 11 is 3.46. The first-order chi connectivity index (χ1) is 14.2. The summed E-state index contributed by atoms with van der Waals surface area (Å²) in [5.74, 6) is 0.781. The van der Waals surface area contributed by atoms with Crippen LogP contribution >= 0.6 is 15.9 Å². The smallest absolute Gasteiger partial charge is 0.250 e. The fourth-order valence-electron chi connectivity index (χ4n) is 3.77. The molecule has 4 rings (SSSR count). The number of fused-ring (bicyclic) bond motifs is 1. The van der Waals surface area contributed by atoms with Gasteiger partial charge in [-0.1, -0.05) is 34.1 Å². The van der Waals surface area contributed by atoms with Crippen LogP contribution in [0.1, 0.15) is 12.0 Å². The first-order valence-electron chi connectivity index (χ1n) is 10.1. The van der Waals surface area contributed by atoms with Crippen molar-refractivity contribution in [3.05, 3.63) is 64.1 Å². The van der Waals surface area contributed by atoms with Crippen LogP contribution in [-0.2, 0) is 4.79 Å². The highest BCUT2D eigenvalue weighted by atomic mass is 79.9. The van der Waals surface area contributed by atoms with Crippen molar-refractivity contribution in [1.82, 2.24) is 10.2 Å². The predicted molar refractivity (Wildman–Crippen MR) is 120 cm³/mol. The Hall–Kier alpha value is -2.31. The van der Waals surface area contributed by atoms with Crippen molar-refractivity contribution < 1.29 is 9.53 Å². The minimum atomic E-state index is -0.0375. The fraction of sp³-hybridized carbons (Fsp3) is 0.348. The molecule has 0 spiro atoms. The molecule has 152 valence electrons. The van der Waals surface area contributed by atoms with Crippen LogP contribution in [0.25, 0.3) is 6.08 Å². The number of halogens is 1. The zero-order valence-electron chi connectivity index (χ0n) is 16.4. The van der Waals surface area contributed by atoms with Gasteiger partial charge in [0.25, 0.3) is 5.91 Å². The van der Waals surface area contributed by atoms with E-state index < -0.39 is 0 Å². The van der Waals surface area contributed by atoms with E-state index in [0.717, 1.165) is 54.9 Å². The molecule has 0 aliphatic carbocycles. The molecule has 1 amide bonds. The molecule has 0 radical (unpaired) electrons. The molecule has 0 atom stereocenters. The zero-order chi connectivity index (χ0) is 20.1. The van der Waals surface area contributed by atoms with Crippen molar-refractivity contribution in [1.29, 1.82) is 0 Å². The van der Waals surface area contributed by atoms with Gasteiger partial charge in [0.05, 0.1) is 5.57 Å². The molecule has 2 heterocycles. The number of piperazine rings is 1. The molecule has 1 N–H and O–H groups in total. The Morgan fingerprint density at radius 3 is 2.66 bits per heavy atom. The Bertz CT molecular complexity index is 877. The summed E-state index contributed by atoms with van der Waals surface area (Å²) in [5, 5.41) is 3.04. The summed E-state index contributed by atoms with van der Waals surface area (Å²) in [6, 6.07) is 16.4. The van der Waals surface area contributed by atoms with E-state index in [1.165, 1.54) is 5.69 Å². The number of carbonyl (C=O) groups is 1. The van der Waals surface area contributed by atoms with Crippen molar-refractivity contribution in [3.63, 3.8) is 0 Å². The Morgan fingerprint density at radius 1 is 1.07 bits per heavy atom. The first kappa shape index (κ1) is 20.0. The molecule has 0 saturated carbocycles. The average molecular weight is 456 g/mol. The van der Waals surface area contributed by atoms with Crippen molar-refractivity contribution in [2.75, 3.05) is 50.8 Å². The van der Waals surface area contributed by atoms with Gasteiger partial charge in [-0.05, 0) is 49.4 Å². The number of anilines is 1. The lowest BCUT2D eigenvalue weighted by Gasteiger charge is -2.36. The van der Waals surface area contributed by atoms with E-state index in [1.54, 1.807) is 0 Å². The van der Waals surface area contributed by atoms with Crippen molar-refractivity contribution in [3.8, 4) is 5.75 Å². The summed E-state index contributed by atoms with van der Waals surface area (Å²) in [4.78, 5) is 17.4. The number of amides is 1. The monoisotopic (exact) mass is 455 g/mol. The number of carbonyl (C=O) groups excluding carboxylic acids is 1. The lowest BCUT2D eigenvalue weighted by molar-refractivity contribution is -0.117. The molecule has 2 aliphatic rings. The maximum atomic E-state index is 12.5. The van der Waals surface area contributed by atoms with Gasteiger partial charge in [-0.3, -0.25) is 9.69 Å². The van der Waals surface area contributed by atoms with Crippen molar-refractivity contribution in [2.45, 2.75) is 6.42 Å². The van der Waals surface area contributed by atoms with Gasteiger partial charge < -0.3 is 15.0 Å². The lowest BCUT2D eigenvalue weighted by Crippen LogP contribution is -2.47. The van der Waals surface area contributed by atoms with Crippen molar-refractivity contribution >= 4 is 33.6 Å². The molecule has 0 aromatic heterocycles. The topological polar surface area (TPSA) is 44.8 Å². The van der Waals surface area contributed by atoms with E-state index in [-0.39, 0.29) is 5.91 Å². The molecular weight excluding hydrogens is 430 g/mol. The predicted octanol–water partition coefficient (Wildman–Crippen LogP) is 3.55. The minimum Gasteiger partial charge on any atom is -0.488 e. The third-order valence-corrected chi connectivity index (χ3v) is 5.90. The molecule has 0 unspecified atom stereocenters. The third kappa shape index (κ3) is 5.19. The molecule has 1 saturated heterocycles. The van der Waals surface area contributed by atoms with Gasteiger partial charge in [-0.15, -0.1) is 0 Å². The van der Waals surface area contributed by atoms with Gasteiger partial charge >= 0.3 is 0 Å². The number of nitrogens with zero attached hydrogens (tertiary/aromatic N) is 2. The lowest BCUT2D eigenvalue weighted by atomic mass is 10.1. The van der Waals surface area contributed by atoms with Gasteiger partial charge in [0, 0.05) is 48.4 Å². The Labute approximate surface area is 180 Å². The Kier molecular flexibility index (Phi) is 6.52. The molecule has 0 bridgehead atoms. The van der Waals surface area contributed by atoms with Gasteiger partial charge in [0.15, 0.2) is 0 Å². The van der Waals surface area contributed by atoms with Gasteiger partial charge in [-0.2, -0.15) is 0 Å². The Balaban J connectivity index is 1.18. The Morgan fingerprint density at radius 2 is 1.86 bits per heavy atom. The molecule has 5 nitrogen and oxygen atoms in total. The molecule has 2 aromatic carbocycles. The second-order valence-corrected chi connectivity index (χ2v) is 8.33. The average Bonchev–Trinajstić information content (AvgIpc) is 2.77. The number of rotatable bonds is 6. The van der Waals surface area contributed by atoms with Crippen LogP contribution in [0.3, 0.4) is 0 Å². The first-order valence-corrected chi connectivity index (χ1v) is 10.9. The second kappa shape index (κ2) is 9.46. The van der Waals surface area contributed by atoms with Crippen LogP contribution in [0.4, 0.5) is 5.69 Å². The molecule has 29 heavy (non-hydrogen) atoms. The van der Waals surface area contributed by atoms with E-state index in [4.69, 9.17) is 4.74 Å². The maximum absolute atomic E-state index is 12.5. The van der Waals surface area contributed by atoms with E-state index >= 15 is 0 Å².